The first-order valence-corrected chi connectivity index (χ1v) is 8.46. The summed E-state index contributed by atoms with van der Waals surface area (Å²) in [6.07, 6.45) is 5.14. The van der Waals surface area contributed by atoms with Crippen molar-refractivity contribution in [3.05, 3.63) is 34.6 Å². The summed E-state index contributed by atoms with van der Waals surface area (Å²) in [5.74, 6) is 0.536. The molecule has 1 aliphatic carbocycles. The van der Waals surface area contributed by atoms with Gasteiger partial charge in [0.15, 0.2) is 0 Å². The van der Waals surface area contributed by atoms with E-state index in [0.717, 1.165) is 31.1 Å². The van der Waals surface area contributed by atoms with E-state index >= 15 is 0 Å². The number of hydrogen-bond donors (Lipinski definition) is 1. The van der Waals surface area contributed by atoms with Gasteiger partial charge in [-0.25, -0.2) is 4.39 Å². The van der Waals surface area contributed by atoms with Crippen LogP contribution in [0.15, 0.2) is 18.2 Å². The van der Waals surface area contributed by atoms with Crippen molar-refractivity contribution in [2.45, 2.75) is 51.2 Å². The van der Waals surface area contributed by atoms with E-state index in [-0.39, 0.29) is 10.8 Å². The summed E-state index contributed by atoms with van der Waals surface area (Å²) < 4.78 is 13.3. The van der Waals surface area contributed by atoms with E-state index in [1.807, 2.05) is 6.07 Å². The number of hydrogen-bond acceptors (Lipinski definition) is 2. The molecule has 1 aliphatic heterocycles. The van der Waals surface area contributed by atoms with Gasteiger partial charge in [0.25, 0.3) is 0 Å². The molecule has 1 aromatic rings. The van der Waals surface area contributed by atoms with Gasteiger partial charge in [-0.05, 0) is 42.9 Å². The Bertz CT molecular complexity index is 490. The number of benzene rings is 1. The van der Waals surface area contributed by atoms with Gasteiger partial charge in [-0.15, -0.1) is 0 Å². The standard InChI is InChI=1S/C17H24ClFN2/c1-2-3-14-9-20-17(13-5-6-13)11-21(14)10-12-4-7-16(19)15(18)8-12/h4,7-8,13-14,17,20H,2-3,5-6,9-11H2,1H3. The maximum atomic E-state index is 13.3. The summed E-state index contributed by atoms with van der Waals surface area (Å²) in [7, 11) is 0. The lowest BCUT2D eigenvalue weighted by molar-refractivity contribution is 0.108. The largest absolute Gasteiger partial charge is 0.311 e. The summed E-state index contributed by atoms with van der Waals surface area (Å²) >= 11 is 5.91. The van der Waals surface area contributed by atoms with Crippen LogP contribution in [0.1, 0.15) is 38.2 Å². The van der Waals surface area contributed by atoms with Gasteiger partial charge in [0.2, 0.25) is 0 Å². The van der Waals surface area contributed by atoms with Crippen LogP contribution in [0.3, 0.4) is 0 Å². The number of piperazine rings is 1. The molecule has 2 unspecified atom stereocenters. The molecule has 1 aromatic carbocycles. The lowest BCUT2D eigenvalue weighted by atomic mass is 10.0. The molecule has 21 heavy (non-hydrogen) atoms. The molecule has 2 aliphatic rings. The molecule has 3 rings (SSSR count). The van der Waals surface area contributed by atoms with E-state index < -0.39 is 0 Å². The van der Waals surface area contributed by atoms with E-state index in [0.29, 0.717) is 12.1 Å². The Morgan fingerprint density at radius 2 is 2.19 bits per heavy atom. The average Bonchev–Trinajstić information content (AvgIpc) is 3.30. The molecule has 2 nitrogen and oxygen atoms in total. The van der Waals surface area contributed by atoms with E-state index in [2.05, 4.69) is 17.1 Å². The highest BCUT2D eigenvalue weighted by Gasteiger charge is 2.36. The van der Waals surface area contributed by atoms with Crippen LogP contribution >= 0.6 is 11.6 Å². The normalized spacial score (nSPS) is 27.0. The minimum atomic E-state index is -0.332. The summed E-state index contributed by atoms with van der Waals surface area (Å²) in [6, 6.07) is 6.32. The van der Waals surface area contributed by atoms with Crippen LogP contribution in [0, 0.1) is 11.7 Å². The van der Waals surface area contributed by atoms with Gasteiger partial charge in [0.1, 0.15) is 5.82 Å². The van der Waals surface area contributed by atoms with Crippen molar-refractivity contribution in [2.24, 2.45) is 5.92 Å². The van der Waals surface area contributed by atoms with Gasteiger partial charge >= 0.3 is 0 Å². The van der Waals surface area contributed by atoms with Crippen LogP contribution in [-0.2, 0) is 6.54 Å². The minimum absolute atomic E-state index is 0.230. The lowest BCUT2D eigenvalue weighted by Crippen LogP contribution is -2.56. The van der Waals surface area contributed by atoms with Crippen molar-refractivity contribution in [1.82, 2.24) is 10.2 Å². The van der Waals surface area contributed by atoms with Crippen LogP contribution in [0.2, 0.25) is 5.02 Å². The van der Waals surface area contributed by atoms with Crippen molar-refractivity contribution in [1.29, 1.82) is 0 Å². The SMILES string of the molecule is CCCC1CNC(C2CC2)CN1Cc1ccc(F)c(Cl)c1. The fraction of sp³-hybridized carbons (Fsp3) is 0.647. The monoisotopic (exact) mass is 310 g/mol. The predicted octanol–water partition coefficient (Wildman–Crippen LogP) is 3.83. The molecule has 1 saturated carbocycles. The molecule has 0 bridgehead atoms. The van der Waals surface area contributed by atoms with E-state index in [9.17, 15) is 4.39 Å². The molecule has 0 aromatic heterocycles. The first-order valence-electron chi connectivity index (χ1n) is 8.08. The zero-order chi connectivity index (χ0) is 14.8. The molecular weight excluding hydrogens is 287 g/mol. The number of rotatable bonds is 5. The fourth-order valence-electron chi connectivity index (χ4n) is 3.38. The molecule has 0 amide bonds. The third-order valence-corrected chi connectivity index (χ3v) is 5.04. The van der Waals surface area contributed by atoms with Crippen molar-refractivity contribution in [3.8, 4) is 0 Å². The molecule has 1 N–H and O–H groups in total. The molecule has 4 heteroatoms. The first kappa shape index (κ1) is 15.3. The lowest BCUT2D eigenvalue weighted by Gasteiger charge is -2.41. The van der Waals surface area contributed by atoms with Gasteiger partial charge in [-0.2, -0.15) is 0 Å². The summed E-state index contributed by atoms with van der Waals surface area (Å²) in [5.41, 5.74) is 1.11. The first-order chi connectivity index (χ1) is 10.2. The van der Waals surface area contributed by atoms with Gasteiger partial charge < -0.3 is 5.32 Å². The second kappa shape index (κ2) is 6.64. The molecular formula is C17H24ClFN2. The van der Waals surface area contributed by atoms with Crippen molar-refractivity contribution in [2.75, 3.05) is 13.1 Å². The minimum Gasteiger partial charge on any atom is -0.311 e. The van der Waals surface area contributed by atoms with E-state index in [1.165, 1.54) is 31.7 Å². The molecule has 0 spiro atoms. The molecule has 116 valence electrons. The Hall–Kier alpha value is -0.640. The van der Waals surface area contributed by atoms with Gasteiger partial charge in [0, 0.05) is 31.7 Å². The van der Waals surface area contributed by atoms with Gasteiger partial charge in [-0.1, -0.05) is 31.0 Å². The highest BCUT2D eigenvalue weighted by Crippen LogP contribution is 2.35. The van der Waals surface area contributed by atoms with Crippen molar-refractivity contribution < 1.29 is 4.39 Å². The quantitative estimate of drug-likeness (QED) is 0.889. The topological polar surface area (TPSA) is 15.3 Å². The predicted molar refractivity (Wildman–Crippen MR) is 85.0 cm³/mol. The Balaban J connectivity index is 1.69. The number of halogens is 2. The smallest absolute Gasteiger partial charge is 0.141 e. The molecule has 2 fully saturated rings. The Kier molecular flexibility index (Phi) is 4.82. The third-order valence-electron chi connectivity index (χ3n) is 4.75. The van der Waals surface area contributed by atoms with Crippen LogP contribution in [-0.4, -0.2) is 30.1 Å². The summed E-state index contributed by atoms with van der Waals surface area (Å²) in [6.45, 7) is 5.28. The highest BCUT2D eigenvalue weighted by molar-refractivity contribution is 6.30. The molecule has 1 heterocycles. The molecule has 0 radical (unpaired) electrons. The number of nitrogens with zero attached hydrogens (tertiary/aromatic N) is 1. The van der Waals surface area contributed by atoms with Gasteiger partial charge in [0.05, 0.1) is 5.02 Å². The van der Waals surface area contributed by atoms with Crippen LogP contribution in [0.4, 0.5) is 4.39 Å². The second-order valence-corrected chi connectivity index (χ2v) is 6.88. The fourth-order valence-corrected chi connectivity index (χ4v) is 3.58. The zero-order valence-electron chi connectivity index (χ0n) is 12.6. The van der Waals surface area contributed by atoms with Crippen LogP contribution in [0.5, 0.6) is 0 Å². The van der Waals surface area contributed by atoms with Crippen molar-refractivity contribution >= 4 is 11.6 Å². The Labute approximate surface area is 131 Å². The van der Waals surface area contributed by atoms with E-state index in [1.54, 1.807) is 6.07 Å². The maximum Gasteiger partial charge on any atom is 0.141 e. The van der Waals surface area contributed by atoms with E-state index in [4.69, 9.17) is 11.6 Å². The van der Waals surface area contributed by atoms with Crippen molar-refractivity contribution in [3.63, 3.8) is 0 Å². The van der Waals surface area contributed by atoms with Crippen LogP contribution in [0.25, 0.3) is 0 Å². The summed E-state index contributed by atoms with van der Waals surface area (Å²) in [5, 5.41) is 3.95. The average molecular weight is 311 g/mol. The molecule has 2 atom stereocenters. The zero-order valence-corrected chi connectivity index (χ0v) is 13.4. The maximum absolute atomic E-state index is 13.3. The highest BCUT2D eigenvalue weighted by atomic mass is 35.5. The number of nitrogens with one attached hydrogen (secondary N) is 1. The Morgan fingerprint density at radius 3 is 2.86 bits per heavy atom. The van der Waals surface area contributed by atoms with Crippen LogP contribution < -0.4 is 5.32 Å². The summed E-state index contributed by atoms with van der Waals surface area (Å²) in [4.78, 5) is 2.56. The third kappa shape index (κ3) is 3.77. The second-order valence-electron chi connectivity index (χ2n) is 6.47. The molecule has 1 saturated heterocycles. The van der Waals surface area contributed by atoms with Gasteiger partial charge in [-0.3, -0.25) is 4.90 Å². The Morgan fingerprint density at radius 1 is 1.38 bits per heavy atom.